The first-order chi connectivity index (χ1) is 15.0. The van der Waals surface area contributed by atoms with Crippen LogP contribution >= 0.6 is 0 Å². The van der Waals surface area contributed by atoms with Crippen LogP contribution in [0.4, 0.5) is 5.69 Å². The zero-order valence-corrected chi connectivity index (χ0v) is 18.8. The summed E-state index contributed by atoms with van der Waals surface area (Å²) in [4.78, 5) is 26.6. The van der Waals surface area contributed by atoms with Gasteiger partial charge in [-0.2, -0.15) is 0 Å². The zero-order chi connectivity index (χ0) is 21.6. The second kappa shape index (κ2) is 7.83. The van der Waals surface area contributed by atoms with E-state index in [-0.39, 0.29) is 17.2 Å². The quantitative estimate of drug-likeness (QED) is 0.728. The van der Waals surface area contributed by atoms with E-state index in [9.17, 15) is 14.7 Å². The predicted molar refractivity (Wildman–Crippen MR) is 121 cm³/mol. The third-order valence-electron chi connectivity index (χ3n) is 9.16. The number of aryl methyl sites for hydroxylation is 1. The first-order valence-corrected chi connectivity index (χ1v) is 12.4. The van der Waals surface area contributed by atoms with Gasteiger partial charge >= 0.3 is 5.97 Å². The van der Waals surface area contributed by atoms with Gasteiger partial charge in [0.15, 0.2) is 0 Å². The van der Waals surface area contributed by atoms with Crippen LogP contribution in [0.2, 0.25) is 0 Å². The lowest BCUT2D eigenvalue weighted by Gasteiger charge is -2.39. The topological polar surface area (TPSA) is 69.6 Å². The van der Waals surface area contributed by atoms with Gasteiger partial charge in [0.1, 0.15) is 0 Å². The van der Waals surface area contributed by atoms with E-state index < -0.39 is 11.4 Å². The second-order valence-corrected chi connectivity index (χ2v) is 10.5. The average Bonchev–Trinajstić information content (AvgIpc) is 3.47. The summed E-state index contributed by atoms with van der Waals surface area (Å²) in [5.41, 5.74) is 3.55. The molecule has 1 aromatic rings. The van der Waals surface area contributed by atoms with Crippen LogP contribution in [0.25, 0.3) is 0 Å². The van der Waals surface area contributed by atoms with Crippen molar-refractivity contribution in [1.82, 2.24) is 4.90 Å². The molecule has 168 valence electrons. The van der Waals surface area contributed by atoms with Gasteiger partial charge in [0.25, 0.3) is 0 Å². The number of hydrogen-bond acceptors (Lipinski definition) is 3. The van der Waals surface area contributed by atoms with Crippen molar-refractivity contribution in [1.29, 1.82) is 0 Å². The van der Waals surface area contributed by atoms with Crippen LogP contribution in [-0.2, 0) is 16.0 Å². The smallest absolute Gasteiger partial charge is 0.310 e. The lowest BCUT2D eigenvalue weighted by Crippen LogP contribution is -2.43. The second-order valence-electron chi connectivity index (χ2n) is 10.5. The van der Waals surface area contributed by atoms with Crippen molar-refractivity contribution >= 4 is 17.6 Å². The minimum atomic E-state index is -0.579. The number of fused-ring (bicyclic) bond motifs is 1. The summed E-state index contributed by atoms with van der Waals surface area (Å²) < 4.78 is 0. The van der Waals surface area contributed by atoms with E-state index in [0.29, 0.717) is 12.3 Å². The fourth-order valence-electron chi connectivity index (χ4n) is 7.23. The number of nitrogens with zero attached hydrogens (tertiary/aromatic N) is 1. The van der Waals surface area contributed by atoms with Crippen molar-refractivity contribution in [2.45, 2.75) is 77.0 Å². The standard InChI is InChI=1S/C26H36N2O3/c1-2-23(29)28-14-11-25(12-15-28)17-26(25,24(30)31)21-9-7-18(8-10-21)20-6-5-19-4-3-13-27-22(19)16-20/h5-6,16,18,21,27H,2-4,7-15,17H2,1H3,(H,30,31)/t18?,21?,26-/m1/s1. The number of rotatable bonds is 4. The Hall–Kier alpha value is -2.04. The van der Waals surface area contributed by atoms with Gasteiger partial charge in [-0.15, -0.1) is 0 Å². The maximum Gasteiger partial charge on any atom is 0.310 e. The lowest BCUT2D eigenvalue weighted by atomic mass is 9.68. The Kier molecular flexibility index (Phi) is 5.26. The molecule has 0 aromatic heterocycles. The SMILES string of the molecule is CCC(=O)N1CCC2(CC1)C[C@]2(C(=O)O)C1CCC(c2ccc3c(c2)NCCC3)CC1. The lowest BCUT2D eigenvalue weighted by molar-refractivity contribution is -0.149. The summed E-state index contributed by atoms with van der Waals surface area (Å²) in [7, 11) is 0. The molecule has 4 aliphatic rings. The molecule has 5 heteroatoms. The predicted octanol–water partition coefficient (Wildman–Crippen LogP) is 4.81. The number of hydrogen-bond donors (Lipinski definition) is 2. The number of nitrogens with one attached hydrogen (secondary N) is 1. The van der Waals surface area contributed by atoms with E-state index in [0.717, 1.165) is 64.6 Å². The number of likely N-dealkylation sites (tertiary alicyclic amines) is 1. The molecule has 3 fully saturated rings. The first-order valence-electron chi connectivity index (χ1n) is 12.4. The van der Waals surface area contributed by atoms with Crippen LogP contribution < -0.4 is 5.32 Å². The van der Waals surface area contributed by atoms with Crippen LogP contribution in [0.3, 0.4) is 0 Å². The van der Waals surface area contributed by atoms with Crippen LogP contribution in [0.5, 0.6) is 0 Å². The Morgan fingerprint density at radius 1 is 1.16 bits per heavy atom. The number of anilines is 1. The summed E-state index contributed by atoms with van der Waals surface area (Å²) >= 11 is 0. The molecule has 2 heterocycles. The van der Waals surface area contributed by atoms with Gasteiger partial charge in [-0.3, -0.25) is 9.59 Å². The van der Waals surface area contributed by atoms with E-state index in [1.165, 1.54) is 29.7 Å². The average molecular weight is 425 g/mol. The van der Waals surface area contributed by atoms with Gasteiger partial charge in [-0.05, 0) is 92.2 Å². The first kappa shape index (κ1) is 20.8. The Morgan fingerprint density at radius 3 is 2.58 bits per heavy atom. The summed E-state index contributed by atoms with van der Waals surface area (Å²) in [6.45, 7) is 4.44. The molecule has 1 spiro atoms. The molecule has 31 heavy (non-hydrogen) atoms. The molecule has 2 saturated carbocycles. The molecule has 1 atom stereocenters. The van der Waals surface area contributed by atoms with Gasteiger partial charge in [0, 0.05) is 31.7 Å². The summed E-state index contributed by atoms with van der Waals surface area (Å²) in [5.74, 6) is 0.459. The summed E-state index contributed by atoms with van der Waals surface area (Å²) in [6.07, 6.45) is 9.68. The number of piperidine rings is 1. The number of aliphatic carboxylic acids is 1. The maximum atomic E-state index is 12.6. The van der Waals surface area contributed by atoms with Gasteiger partial charge in [0.2, 0.25) is 5.91 Å². The molecule has 1 aromatic carbocycles. The van der Waals surface area contributed by atoms with Gasteiger partial charge < -0.3 is 15.3 Å². The number of benzene rings is 1. The van der Waals surface area contributed by atoms with Gasteiger partial charge in [-0.1, -0.05) is 19.1 Å². The van der Waals surface area contributed by atoms with Gasteiger partial charge in [-0.25, -0.2) is 0 Å². The zero-order valence-electron chi connectivity index (χ0n) is 18.8. The minimum absolute atomic E-state index is 0.0728. The number of carbonyl (C=O) groups is 2. The third-order valence-corrected chi connectivity index (χ3v) is 9.16. The maximum absolute atomic E-state index is 12.6. The molecule has 5 rings (SSSR count). The highest BCUT2D eigenvalue weighted by atomic mass is 16.4. The highest BCUT2D eigenvalue weighted by molar-refractivity contribution is 5.81. The number of carbonyl (C=O) groups excluding carboxylic acids is 1. The monoisotopic (exact) mass is 424 g/mol. The van der Waals surface area contributed by atoms with E-state index >= 15 is 0 Å². The largest absolute Gasteiger partial charge is 0.481 e. The Morgan fingerprint density at radius 2 is 1.90 bits per heavy atom. The minimum Gasteiger partial charge on any atom is -0.481 e. The van der Waals surface area contributed by atoms with Crippen LogP contribution in [0.1, 0.15) is 81.8 Å². The van der Waals surface area contributed by atoms with Crippen LogP contribution in [0, 0.1) is 16.7 Å². The van der Waals surface area contributed by atoms with Crippen molar-refractivity contribution in [3.05, 3.63) is 29.3 Å². The summed E-state index contributed by atoms with van der Waals surface area (Å²) in [5, 5.41) is 13.9. The van der Waals surface area contributed by atoms with Crippen molar-refractivity contribution < 1.29 is 14.7 Å². The van der Waals surface area contributed by atoms with Crippen molar-refractivity contribution in [3.63, 3.8) is 0 Å². The van der Waals surface area contributed by atoms with Crippen LogP contribution in [-0.4, -0.2) is 41.5 Å². The molecule has 0 unspecified atom stereocenters. The fraction of sp³-hybridized carbons (Fsp3) is 0.692. The van der Waals surface area contributed by atoms with Crippen molar-refractivity contribution in [2.24, 2.45) is 16.7 Å². The molecule has 1 saturated heterocycles. The van der Waals surface area contributed by atoms with E-state index in [1.807, 2.05) is 11.8 Å². The van der Waals surface area contributed by atoms with E-state index in [2.05, 4.69) is 23.5 Å². The molecule has 0 radical (unpaired) electrons. The molecular formula is C26H36N2O3. The van der Waals surface area contributed by atoms with E-state index in [1.54, 1.807) is 0 Å². The van der Waals surface area contributed by atoms with Crippen molar-refractivity contribution in [2.75, 3.05) is 25.0 Å². The summed E-state index contributed by atoms with van der Waals surface area (Å²) in [6, 6.07) is 6.96. The molecule has 2 aliphatic carbocycles. The van der Waals surface area contributed by atoms with E-state index in [4.69, 9.17) is 0 Å². The molecule has 2 N–H and O–H groups in total. The number of amides is 1. The third kappa shape index (κ3) is 3.35. The fourth-order valence-corrected chi connectivity index (χ4v) is 7.23. The number of carboxylic acid groups (broad SMARTS) is 1. The normalized spacial score (nSPS) is 31.6. The molecule has 0 bridgehead atoms. The van der Waals surface area contributed by atoms with Crippen LogP contribution in [0.15, 0.2) is 18.2 Å². The van der Waals surface area contributed by atoms with Crippen molar-refractivity contribution in [3.8, 4) is 0 Å². The molecule has 2 aliphatic heterocycles. The number of carboxylic acids is 1. The van der Waals surface area contributed by atoms with Gasteiger partial charge in [0.05, 0.1) is 5.41 Å². The molecular weight excluding hydrogens is 388 g/mol. The Balaban J connectivity index is 1.25. The molecule has 1 amide bonds. The molecule has 5 nitrogen and oxygen atoms in total. The highest BCUT2D eigenvalue weighted by Crippen LogP contribution is 2.74. The Bertz CT molecular complexity index is 865. The highest BCUT2D eigenvalue weighted by Gasteiger charge is 2.74. The Labute approximate surface area is 185 Å².